The van der Waals surface area contributed by atoms with E-state index in [2.05, 4.69) is 9.97 Å². The molecular formula is C14H11ClF3N5O2S. The molecule has 0 unspecified atom stereocenters. The number of hydrogen-bond acceptors (Lipinski definition) is 5. The van der Waals surface area contributed by atoms with Crippen molar-refractivity contribution in [1.29, 1.82) is 0 Å². The minimum absolute atomic E-state index is 0.00473. The summed E-state index contributed by atoms with van der Waals surface area (Å²) in [5, 5.41) is 3.72. The number of carbonyl (C=O) groups excluding carboxylic acids is 1. The summed E-state index contributed by atoms with van der Waals surface area (Å²) in [6, 6.07) is 1.55. The van der Waals surface area contributed by atoms with Crippen LogP contribution in [0.1, 0.15) is 0 Å². The van der Waals surface area contributed by atoms with Crippen LogP contribution >= 0.6 is 22.9 Å². The first-order valence-corrected chi connectivity index (χ1v) is 8.43. The van der Waals surface area contributed by atoms with E-state index in [1.807, 2.05) is 5.32 Å². The third-order valence-corrected chi connectivity index (χ3v) is 4.87. The van der Waals surface area contributed by atoms with E-state index >= 15 is 0 Å². The Balaban J connectivity index is 2.37. The summed E-state index contributed by atoms with van der Waals surface area (Å²) < 4.78 is 39.7. The van der Waals surface area contributed by atoms with Gasteiger partial charge in [0, 0.05) is 13.1 Å². The molecule has 0 aliphatic rings. The van der Waals surface area contributed by atoms with Gasteiger partial charge in [0.1, 0.15) is 11.0 Å². The molecule has 3 rings (SSSR count). The molecule has 0 saturated heterocycles. The van der Waals surface area contributed by atoms with Crippen LogP contribution in [-0.2, 0) is 11.3 Å². The Morgan fingerprint density at radius 3 is 2.77 bits per heavy atom. The number of amides is 1. The van der Waals surface area contributed by atoms with E-state index in [0.717, 1.165) is 17.7 Å². The quantitative estimate of drug-likeness (QED) is 0.620. The minimum Gasteiger partial charge on any atom is -0.331 e. The molecule has 12 heteroatoms. The predicted octanol–water partition coefficient (Wildman–Crippen LogP) is 2.57. The summed E-state index contributed by atoms with van der Waals surface area (Å²) in [7, 11) is 0. The fourth-order valence-electron chi connectivity index (χ4n) is 2.54. The summed E-state index contributed by atoms with van der Waals surface area (Å²) in [4.78, 5) is 30.5. The number of nitrogens with one attached hydrogen (secondary N) is 2. The van der Waals surface area contributed by atoms with E-state index in [1.165, 1.54) is 4.57 Å². The number of aromatic nitrogens is 3. The number of anilines is 1. The molecule has 26 heavy (non-hydrogen) atoms. The zero-order valence-corrected chi connectivity index (χ0v) is 14.4. The molecule has 0 radical (unpaired) electrons. The summed E-state index contributed by atoms with van der Waals surface area (Å²) in [6.45, 7) is 0.206. The number of thiophene rings is 1. The predicted molar refractivity (Wildman–Crippen MR) is 92.4 cm³/mol. The van der Waals surface area contributed by atoms with Crippen molar-refractivity contribution in [2.75, 3.05) is 11.9 Å². The lowest BCUT2D eigenvalue weighted by Crippen LogP contribution is -2.30. The lowest BCUT2D eigenvalue weighted by Gasteiger charge is -2.12. The SMILES string of the molecule is NCCn1c(-c2sccc2Cl)c(NC(=O)C(F)(F)F)c2nc[nH]c(=O)c21. The van der Waals surface area contributed by atoms with Crippen LogP contribution < -0.4 is 16.6 Å². The Labute approximate surface area is 152 Å². The Bertz CT molecular complexity index is 1040. The molecule has 4 N–H and O–H groups in total. The van der Waals surface area contributed by atoms with Crippen molar-refractivity contribution in [3.05, 3.63) is 33.2 Å². The molecule has 0 aliphatic carbocycles. The Morgan fingerprint density at radius 1 is 1.46 bits per heavy atom. The van der Waals surface area contributed by atoms with Crippen molar-refractivity contribution in [3.63, 3.8) is 0 Å². The van der Waals surface area contributed by atoms with Gasteiger partial charge in [0.2, 0.25) is 0 Å². The average molecular weight is 406 g/mol. The average Bonchev–Trinajstić information content (AvgIpc) is 3.10. The molecule has 7 nitrogen and oxygen atoms in total. The van der Waals surface area contributed by atoms with Gasteiger partial charge in [0.15, 0.2) is 0 Å². The molecule has 0 aromatic carbocycles. The number of rotatable bonds is 4. The van der Waals surface area contributed by atoms with Crippen molar-refractivity contribution in [3.8, 4) is 10.6 Å². The van der Waals surface area contributed by atoms with Gasteiger partial charge in [0.25, 0.3) is 5.56 Å². The zero-order valence-electron chi connectivity index (χ0n) is 12.9. The number of fused-ring (bicyclic) bond motifs is 1. The molecule has 0 bridgehead atoms. The number of hydrogen-bond donors (Lipinski definition) is 3. The van der Waals surface area contributed by atoms with E-state index in [0.29, 0.717) is 4.88 Å². The van der Waals surface area contributed by atoms with Crippen LogP contribution in [0.2, 0.25) is 5.02 Å². The number of carbonyl (C=O) groups is 1. The number of nitrogens with two attached hydrogens (primary N) is 1. The van der Waals surface area contributed by atoms with Crippen LogP contribution in [-0.4, -0.2) is 33.2 Å². The van der Waals surface area contributed by atoms with E-state index in [4.69, 9.17) is 17.3 Å². The van der Waals surface area contributed by atoms with Crippen molar-refractivity contribution in [2.24, 2.45) is 5.73 Å². The van der Waals surface area contributed by atoms with Crippen LogP contribution in [0.5, 0.6) is 0 Å². The second-order valence-electron chi connectivity index (χ2n) is 5.14. The molecule has 3 heterocycles. The van der Waals surface area contributed by atoms with Crippen molar-refractivity contribution < 1.29 is 18.0 Å². The summed E-state index contributed by atoms with van der Waals surface area (Å²) in [5.41, 5.74) is 4.83. The second-order valence-corrected chi connectivity index (χ2v) is 6.47. The van der Waals surface area contributed by atoms with Gasteiger partial charge in [-0.2, -0.15) is 13.2 Å². The lowest BCUT2D eigenvalue weighted by atomic mass is 10.2. The highest BCUT2D eigenvalue weighted by atomic mass is 35.5. The van der Waals surface area contributed by atoms with Gasteiger partial charge >= 0.3 is 12.1 Å². The monoisotopic (exact) mass is 405 g/mol. The fourth-order valence-corrected chi connectivity index (χ4v) is 3.74. The molecule has 0 spiro atoms. The van der Waals surface area contributed by atoms with Gasteiger partial charge in [0.05, 0.1) is 27.6 Å². The second kappa shape index (κ2) is 6.74. The first kappa shape index (κ1) is 18.4. The fraction of sp³-hybridized carbons (Fsp3) is 0.214. The largest absolute Gasteiger partial charge is 0.471 e. The van der Waals surface area contributed by atoms with E-state index in [9.17, 15) is 22.8 Å². The maximum absolute atomic E-state index is 12.8. The zero-order chi connectivity index (χ0) is 19.1. The molecule has 3 aromatic rings. The molecule has 1 amide bonds. The van der Waals surface area contributed by atoms with E-state index in [-0.39, 0.29) is 40.5 Å². The first-order chi connectivity index (χ1) is 12.3. The third kappa shape index (κ3) is 3.08. The highest BCUT2D eigenvalue weighted by molar-refractivity contribution is 7.14. The van der Waals surface area contributed by atoms with Crippen molar-refractivity contribution in [2.45, 2.75) is 12.7 Å². The van der Waals surface area contributed by atoms with Gasteiger partial charge < -0.3 is 20.6 Å². The van der Waals surface area contributed by atoms with Gasteiger partial charge in [-0.25, -0.2) is 4.98 Å². The molecule has 3 aromatic heterocycles. The Hall–Kier alpha value is -2.37. The van der Waals surface area contributed by atoms with Crippen molar-refractivity contribution >= 4 is 45.6 Å². The maximum atomic E-state index is 12.8. The first-order valence-electron chi connectivity index (χ1n) is 7.17. The van der Waals surface area contributed by atoms with Gasteiger partial charge in [-0.1, -0.05) is 11.6 Å². The van der Waals surface area contributed by atoms with E-state index in [1.54, 1.807) is 11.4 Å². The van der Waals surface area contributed by atoms with Crippen LogP contribution in [0.15, 0.2) is 22.6 Å². The number of halogens is 4. The van der Waals surface area contributed by atoms with Crippen molar-refractivity contribution in [1.82, 2.24) is 14.5 Å². The molecule has 0 atom stereocenters. The van der Waals surface area contributed by atoms with Gasteiger partial charge in [-0.15, -0.1) is 11.3 Å². The Morgan fingerprint density at radius 2 is 2.19 bits per heavy atom. The van der Waals surface area contributed by atoms with E-state index < -0.39 is 17.6 Å². The van der Waals surface area contributed by atoms with Crippen LogP contribution in [0.4, 0.5) is 18.9 Å². The highest BCUT2D eigenvalue weighted by Gasteiger charge is 2.40. The number of alkyl halides is 3. The summed E-state index contributed by atoms with van der Waals surface area (Å²) >= 11 is 7.28. The third-order valence-electron chi connectivity index (χ3n) is 3.52. The molecule has 0 aliphatic heterocycles. The minimum atomic E-state index is -5.11. The summed E-state index contributed by atoms with van der Waals surface area (Å²) in [6.07, 6.45) is -4.07. The standard InChI is InChI=1S/C14H11ClF3N5O2S/c15-6-1-4-26-11(6)9-8(22-13(25)14(16,17)18)7-10(23(9)3-2-19)12(24)21-5-20-7/h1,4-5H,2-3,19H2,(H,22,25)(H,20,21,24). The number of nitrogens with zero attached hydrogens (tertiary/aromatic N) is 2. The smallest absolute Gasteiger partial charge is 0.331 e. The summed E-state index contributed by atoms with van der Waals surface area (Å²) in [5.74, 6) is -2.18. The van der Waals surface area contributed by atoms with Crippen LogP contribution in [0, 0.1) is 0 Å². The maximum Gasteiger partial charge on any atom is 0.471 e. The van der Waals surface area contributed by atoms with Gasteiger partial charge in [-0.05, 0) is 11.4 Å². The van der Waals surface area contributed by atoms with Crippen LogP contribution in [0.25, 0.3) is 21.6 Å². The lowest BCUT2D eigenvalue weighted by molar-refractivity contribution is -0.167. The van der Waals surface area contributed by atoms with Crippen LogP contribution in [0.3, 0.4) is 0 Å². The molecule has 0 saturated carbocycles. The topological polar surface area (TPSA) is 106 Å². The highest BCUT2D eigenvalue weighted by Crippen LogP contribution is 2.42. The molecule has 0 fully saturated rings. The number of H-pyrrole nitrogens is 1. The normalized spacial score (nSPS) is 11.9. The molecular weight excluding hydrogens is 395 g/mol. The Kier molecular flexibility index (Phi) is 4.78. The number of aromatic amines is 1. The van der Waals surface area contributed by atoms with Gasteiger partial charge in [-0.3, -0.25) is 9.59 Å². The molecule has 138 valence electrons.